The lowest BCUT2D eigenvalue weighted by Crippen LogP contribution is -2.31. The van der Waals surface area contributed by atoms with Gasteiger partial charge in [0.05, 0.1) is 17.8 Å². The minimum absolute atomic E-state index is 0.0258. The van der Waals surface area contributed by atoms with Crippen LogP contribution in [0.15, 0.2) is 54.0 Å². The third kappa shape index (κ3) is 2.91. The first-order valence-corrected chi connectivity index (χ1v) is 9.13. The molecule has 1 aromatic carbocycles. The van der Waals surface area contributed by atoms with Gasteiger partial charge >= 0.3 is 0 Å². The molecule has 126 valence electrons. The summed E-state index contributed by atoms with van der Waals surface area (Å²) in [5.41, 5.74) is 4.95. The zero-order chi connectivity index (χ0) is 17.4. The van der Waals surface area contributed by atoms with Crippen molar-refractivity contribution in [1.82, 2.24) is 9.88 Å². The number of aromatic nitrogens is 1. The highest BCUT2D eigenvalue weighted by Crippen LogP contribution is 2.34. The van der Waals surface area contributed by atoms with E-state index in [0.717, 1.165) is 16.3 Å². The monoisotopic (exact) mass is 349 g/mol. The van der Waals surface area contributed by atoms with Gasteiger partial charge in [-0.1, -0.05) is 12.1 Å². The Morgan fingerprint density at radius 2 is 2.04 bits per heavy atom. The quantitative estimate of drug-likeness (QED) is 0.753. The van der Waals surface area contributed by atoms with Crippen molar-refractivity contribution in [2.24, 2.45) is 0 Å². The molecule has 0 radical (unpaired) electrons. The van der Waals surface area contributed by atoms with Crippen molar-refractivity contribution in [3.05, 3.63) is 81.3 Å². The van der Waals surface area contributed by atoms with Crippen molar-refractivity contribution in [3.8, 4) is 0 Å². The molecule has 0 aliphatic carbocycles. The maximum atomic E-state index is 12.9. The van der Waals surface area contributed by atoms with Crippen LogP contribution >= 0.6 is 11.3 Å². The molecule has 0 bridgehead atoms. The van der Waals surface area contributed by atoms with Crippen molar-refractivity contribution in [2.75, 3.05) is 5.32 Å². The molecule has 4 rings (SSSR count). The van der Waals surface area contributed by atoms with Crippen LogP contribution in [0.25, 0.3) is 0 Å². The van der Waals surface area contributed by atoms with Crippen LogP contribution in [0.4, 0.5) is 5.69 Å². The number of carbonyl (C=O) groups is 1. The van der Waals surface area contributed by atoms with E-state index in [4.69, 9.17) is 0 Å². The van der Waals surface area contributed by atoms with Gasteiger partial charge in [0, 0.05) is 16.8 Å². The van der Waals surface area contributed by atoms with Gasteiger partial charge in [-0.2, -0.15) is 0 Å². The molecule has 4 nitrogen and oxygen atoms in total. The molecule has 1 N–H and O–H groups in total. The van der Waals surface area contributed by atoms with Crippen LogP contribution < -0.4 is 5.32 Å². The Balaban J connectivity index is 1.70. The Kier molecular flexibility index (Phi) is 4.01. The fourth-order valence-corrected chi connectivity index (χ4v) is 3.81. The topological polar surface area (TPSA) is 45.2 Å². The number of nitrogens with one attached hydrogen (secondary N) is 1. The van der Waals surface area contributed by atoms with Gasteiger partial charge in [0.1, 0.15) is 6.17 Å². The van der Waals surface area contributed by atoms with Crippen LogP contribution in [-0.4, -0.2) is 15.8 Å². The van der Waals surface area contributed by atoms with Crippen LogP contribution in [-0.2, 0) is 6.54 Å². The minimum Gasteiger partial charge on any atom is -0.360 e. The summed E-state index contributed by atoms with van der Waals surface area (Å²) in [6.07, 6.45) is 1.49. The van der Waals surface area contributed by atoms with Crippen molar-refractivity contribution in [2.45, 2.75) is 26.6 Å². The van der Waals surface area contributed by atoms with E-state index in [0.29, 0.717) is 12.1 Å². The molecule has 3 heterocycles. The number of rotatable bonds is 4. The largest absolute Gasteiger partial charge is 0.360 e. The zero-order valence-electron chi connectivity index (χ0n) is 14.2. The lowest BCUT2D eigenvalue weighted by Gasteiger charge is -2.26. The average Bonchev–Trinajstić information content (AvgIpc) is 3.21. The number of carbonyl (C=O) groups excluding carboxylic acids is 1. The number of amides is 1. The second-order valence-electron chi connectivity index (χ2n) is 6.29. The summed E-state index contributed by atoms with van der Waals surface area (Å²) >= 11 is 1.66. The fraction of sp³-hybridized carbons (Fsp3) is 0.200. The van der Waals surface area contributed by atoms with E-state index >= 15 is 0 Å². The number of aryl methyl sites for hydroxylation is 2. The third-order valence-corrected chi connectivity index (χ3v) is 5.48. The first-order valence-electron chi connectivity index (χ1n) is 8.25. The van der Waals surface area contributed by atoms with Gasteiger partial charge in [0.15, 0.2) is 0 Å². The standard InChI is InChI=1S/C20H19N3OS/c1-13-7-8-15(11-14(13)2)22-19-18-17(6-3-9-21-18)20(24)23(19)12-16-5-4-10-25-16/h3-11,19,22H,12H2,1-2H3/t19-/m1/s1. The van der Waals surface area contributed by atoms with Gasteiger partial charge in [0.25, 0.3) is 5.91 Å². The van der Waals surface area contributed by atoms with Crippen LogP contribution in [0, 0.1) is 13.8 Å². The molecule has 1 atom stereocenters. The van der Waals surface area contributed by atoms with Crippen molar-refractivity contribution in [3.63, 3.8) is 0 Å². The molecule has 0 saturated heterocycles. The number of fused-ring (bicyclic) bond motifs is 1. The molecule has 3 aromatic rings. The number of hydrogen-bond donors (Lipinski definition) is 1. The van der Waals surface area contributed by atoms with E-state index < -0.39 is 0 Å². The maximum Gasteiger partial charge on any atom is 0.258 e. The smallest absolute Gasteiger partial charge is 0.258 e. The van der Waals surface area contributed by atoms with E-state index in [1.807, 2.05) is 28.5 Å². The highest BCUT2D eigenvalue weighted by molar-refractivity contribution is 7.09. The van der Waals surface area contributed by atoms with Gasteiger partial charge in [0.2, 0.25) is 0 Å². The van der Waals surface area contributed by atoms with Crippen molar-refractivity contribution < 1.29 is 4.79 Å². The molecule has 2 aromatic heterocycles. The molecule has 1 aliphatic rings. The molecule has 0 saturated carbocycles. The lowest BCUT2D eigenvalue weighted by atomic mass is 10.1. The summed E-state index contributed by atoms with van der Waals surface area (Å²) in [5.74, 6) is 0.0258. The van der Waals surface area contributed by atoms with E-state index in [-0.39, 0.29) is 12.1 Å². The number of nitrogens with zero attached hydrogens (tertiary/aromatic N) is 2. The molecule has 1 amide bonds. The number of thiophene rings is 1. The predicted molar refractivity (Wildman–Crippen MR) is 101 cm³/mol. The van der Waals surface area contributed by atoms with E-state index in [1.54, 1.807) is 17.5 Å². The second kappa shape index (κ2) is 6.33. The molecule has 1 aliphatic heterocycles. The predicted octanol–water partition coefficient (Wildman–Crippen LogP) is 4.53. The summed E-state index contributed by atoms with van der Waals surface area (Å²) in [4.78, 5) is 20.4. The Morgan fingerprint density at radius 1 is 1.16 bits per heavy atom. The first-order chi connectivity index (χ1) is 12.1. The SMILES string of the molecule is Cc1ccc(N[C@H]2c3ncccc3C(=O)N2Cc2cccs2)cc1C. The summed E-state index contributed by atoms with van der Waals surface area (Å²) in [6, 6.07) is 14.0. The number of benzene rings is 1. The Bertz CT molecular complexity index is 920. The highest BCUT2D eigenvalue weighted by Gasteiger charge is 2.38. The van der Waals surface area contributed by atoms with E-state index in [9.17, 15) is 4.79 Å². The summed E-state index contributed by atoms with van der Waals surface area (Å²) < 4.78 is 0. The van der Waals surface area contributed by atoms with E-state index in [1.165, 1.54) is 11.1 Å². The number of hydrogen-bond acceptors (Lipinski definition) is 4. The van der Waals surface area contributed by atoms with Crippen LogP contribution in [0.2, 0.25) is 0 Å². The van der Waals surface area contributed by atoms with Crippen molar-refractivity contribution in [1.29, 1.82) is 0 Å². The van der Waals surface area contributed by atoms with Crippen LogP contribution in [0.1, 0.15) is 38.2 Å². The molecule has 0 unspecified atom stereocenters. The third-order valence-electron chi connectivity index (χ3n) is 4.62. The molecule has 0 fully saturated rings. The molecular weight excluding hydrogens is 330 g/mol. The minimum atomic E-state index is -0.257. The van der Waals surface area contributed by atoms with Crippen molar-refractivity contribution >= 4 is 22.9 Å². The van der Waals surface area contributed by atoms with Gasteiger partial charge in [-0.3, -0.25) is 9.78 Å². The summed E-state index contributed by atoms with van der Waals surface area (Å²) in [6.45, 7) is 4.77. The fourth-order valence-electron chi connectivity index (χ4n) is 3.10. The number of anilines is 1. The Morgan fingerprint density at radius 3 is 2.80 bits per heavy atom. The Labute approximate surface area is 151 Å². The molecule has 25 heavy (non-hydrogen) atoms. The molecule has 5 heteroatoms. The molecular formula is C20H19N3OS. The van der Waals surface area contributed by atoms with E-state index in [2.05, 4.69) is 48.4 Å². The number of pyridine rings is 1. The highest BCUT2D eigenvalue weighted by atomic mass is 32.1. The molecule has 0 spiro atoms. The maximum absolute atomic E-state index is 12.9. The van der Waals surface area contributed by atoms with Crippen LogP contribution in [0.5, 0.6) is 0 Å². The summed E-state index contributed by atoms with van der Waals surface area (Å²) in [5, 5.41) is 5.54. The zero-order valence-corrected chi connectivity index (χ0v) is 15.0. The first kappa shape index (κ1) is 15.8. The second-order valence-corrected chi connectivity index (χ2v) is 7.33. The average molecular weight is 349 g/mol. The van der Waals surface area contributed by atoms with Crippen LogP contribution in [0.3, 0.4) is 0 Å². The van der Waals surface area contributed by atoms with Gasteiger partial charge in [-0.15, -0.1) is 11.3 Å². The normalized spacial score (nSPS) is 16.2. The lowest BCUT2D eigenvalue weighted by molar-refractivity contribution is 0.0729. The summed E-state index contributed by atoms with van der Waals surface area (Å²) in [7, 11) is 0. The van der Waals surface area contributed by atoms with Gasteiger partial charge in [-0.25, -0.2) is 0 Å². The van der Waals surface area contributed by atoms with Gasteiger partial charge in [-0.05, 0) is 60.7 Å². The Hall–Kier alpha value is -2.66. The van der Waals surface area contributed by atoms with Gasteiger partial charge < -0.3 is 10.2 Å².